The van der Waals surface area contributed by atoms with Gasteiger partial charge in [0.25, 0.3) is 0 Å². The first kappa shape index (κ1) is 14.8. The Morgan fingerprint density at radius 2 is 1.84 bits per heavy atom. The summed E-state index contributed by atoms with van der Waals surface area (Å²) in [5.74, 6) is 0.868. The van der Waals surface area contributed by atoms with E-state index in [1.54, 1.807) is 11.3 Å². The van der Waals surface area contributed by atoms with Crippen LogP contribution in [0.4, 0.5) is 5.95 Å². The molecule has 1 aliphatic heterocycles. The lowest BCUT2D eigenvalue weighted by Gasteiger charge is -2.25. The van der Waals surface area contributed by atoms with Gasteiger partial charge in [0.15, 0.2) is 0 Å². The molecule has 0 bridgehead atoms. The maximum absolute atomic E-state index is 6.04. The first-order valence-electron chi connectivity index (χ1n) is 8.05. The van der Waals surface area contributed by atoms with E-state index in [0.29, 0.717) is 0 Å². The summed E-state index contributed by atoms with van der Waals surface area (Å²) in [6.07, 6.45) is 2.26. The summed E-state index contributed by atoms with van der Waals surface area (Å²) in [5.41, 5.74) is 4.29. The molecule has 2 aromatic heterocycles. The molecule has 1 atom stereocenters. The van der Waals surface area contributed by atoms with Crippen LogP contribution < -0.4 is 5.32 Å². The molecule has 1 unspecified atom stereocenters. The summed E-state index contributed by atoms with van der Waals surface area (Å²) in [6, 6.07) is 20.5. The van der Waals surface area contributed by atoms with Crippen LogP contribution in [0.25, 0.3) is 16.7 Å². The fourth-order valence-corrected chi connectivity index (χ4v) is 4.19. The maximum atomic E-state index is 6.04. The van der Waals surface area contributed by atoms with E-state index < -0.39 is 0 Å². The number of rotatable bonds is 2. The average Bonchev–Trinajstić information content (AvgIpc) is 3.29. The standard InChI is InChI=1S/C20H14ClN3S/c21-14-9-7-13(8-10-14)16-12-18(19-6-3-11-25-19)24-17-5-2-1-4-15(17)22-20(24)23-16/h1-12,18H,(H,22,23). The van der Waals surface area contributed by atoms with Crippen molar-refractivity contribution in [3.63, 3.8) is 0 Å². The number of aromatic nitrogens is 2. The molecular formula is C20H14ClN3S. The second-order valence-electron chi connectivity index (χ2n) is 5.97. The highest BCUT2D eigenvalue weighted by Crippen LogP contribution is 2.38. The maximum Gasteiger partial charge on any atom is 0.209 e. The fourth-order valence-electron chi connectivity index (χ4n) is 3.28. The summed E-state index contributed by atoms with van der Waals surface area (Å²) in [7, 11) is 0. The Balaban J connectivity index is 1.71. The van der Waals surface area contributed by atoms with E-state index in [1.165, 1.54) is 4.88 Å². The molecule has 4 aromatic rings. The number of halogens is 1. The normalized spacial score (nSPS) is 16.4. The van der Waals surface area contributed by atoms with Gasteiger partial charge in [0, 0.05) is 15.6 Å². The van der Waals surface area contributed by atoms with Crippen molar-refractivity contribution in [1.29, 1.82) is 0 Å². The van der Waals surface area contributed by atoms with Crippen molar-refractivity contribution in [1.82, 2.24) is 9.55 Å². The number of nitrogens with zero attached hydrogens (tertiary/aromatic N) is 2. The first-order chi connectivity index (χ1) is 12.3. The van der Waals surface area contributed by atoms with Gasteiger partial charge < -0.3 is 5.32 Å². The van der Waals surface area contributed by atoms with Gasteiger partial charge in [0.05, 0.1) is 17.1 Å². The molecule has 1 aliphatic rings. The zero-order chi connectivity index (χ0) is 16.8. The Hall–Kier alpha value is -2.56. The summed E-state index contributed by atoms with van der Waals surface area (Å²) in [4.78, 5) is 6.09. The van der Waals surface area contributed by atoms with Crippen molar-refractivity contribution in [2.45, 2.75) is 6.04 Å². The van der Waals surface area contributed by atoms with Crippen molar-refractivity contribution in [3.8, 4) is 0 Å². The van der Waals surface area contributed by atoms with Crippen LogP contribution in [0.2, 0.25) is 5.02 Å². The molecule has 0 radical (unpaired) electrons. The van der Waals surface area contributed by atoms with Crippen LogP contribution in [0.5, 0.6) is 0 Å². The third kappa shape index (κ3) is 2.46. The van der Waals surface area contributed by atoms with Gasteiger partial charge in [-0.05, 0) is 47.4 Å². The number of hydrogen-bond donors (Lipinski definition) is 1. The Labute approximate surface area is 154 Å². The Bertz CT molecular complexity index is 1080. The fraction of sp³-hybridized carbons (Fsp3) is 0.0500. The SMILES string of the molecule is Clc1ccc(C2=CC(c3cccs3)n3c(nc4ccccc43)N2)cc1. The molecule has 0 fully saturated rings. The minimum Gasteiger partial charge on any atom is -0.325 e. The number of para-hydroxylation sites is 2. The van der Waals surface area contributed by atoms with Crippen LogP contribution in [-0.4, -0.2) is 9.55 Å². The molecule has 25 heavy (non-hydrogen) atoms. The number of allylic oxidation sites excluding steroid dienone is 1. The zero-order valence-electron chi connectivity index (χ0n) is 13.2. The Morgan fingerprint density at radius 1 is 1.00 bits per heavy atom. The van der Waals surface area contributed by atoms with E-state index in [0.717, 1.165) is 33.3 Å². The van der Waals surface area contributed by atoms with Crippen molar-refractivity contribution in [2.24, 2.45) is 0 Å². The van der Waals surface area contributed by atoms with E-state index in [4.69, 9.17) is 16.6 Å². The Morgan fingerprint density at radius 3 is 2.64 bits per heavy atom. The van der Waals surface area contributed by atoms with Crippen molar-refractivity contribution in [3.05, 3.63) is 87.6 Å². The van der Waals surface area contributed by atoms with Gasteiger partial charge in [-0.2, -0.15) is 0 Å². The molecule has 0 spiro atoms. The number of imidazole rings is 1. The predicted octanol–water partition coefficient (Wildman–Crippen LogP) is 5.81. The number of benzene rings is 2. The summed E-state index contributed by atoms with van der Waals surface area (Å²) >= 11 is 7.80. The second kappa shape index (κ2) is 5.76. The number of nitrogens with one attached hydrogen (secondary N) is 1. The van der Waals surface area contributed by atoms with Crippen LogP contribution in [0.3, 0.4) is 0 Å². The third-order valence-corrected chi connectivity index (χ3v) is 5.63. The van der Waals surface area contributed by atoms with Gasteiger partial charge in [-0.1, -0.05) is 41.9 Å². The topological polar surface area (TPSA) is 29.9 Å². The highest BCUT2D eigenvalue weighted by atomic mass is 35.5. The molecular weight excluding hydrogens is 350 g/mol. The van der Waals surface area contributed by atoms with Crippen molar-refractivity contribution < 1.29 is 0 Å². The van der Waals surface area contributed by atoms with Crippen molar-refractivity contribution in [2.75, 3.05) is 5.32 Å². The average molecular weight is 364 g/mol. The highest BCUT2D eigenvalue weighted by Gasteiger charge is 2.25. The van der Waals surface area contributed by atoms with Gasteiger partial charge >= 0.3 is 0 Å². The lowest BCUT2D eigenvalue weighted by atomic mass is 10.1. The van der Waals surface area contributed by atoms with Crippen LogP contribution in [-0.2, 0) is 0 Å². The van der Waals surface area contributed by atoms with Gasteiger partial charge in [-0.25, -0.2) is 4.98 Å². The monoisotopic (exact) mass is 363 g/mol. The molecule has 0 saturated heterocycles. The molecule has 3 heterocycles. The van der Waals surface area contributed by atoms with Crippen molar-refractivity contribution >= 4 is 45.6 Å². The lowest BCUT2D eigenvalue weighted by molar-refractivity contribution is 0.733. The molecule has 0 saturated carbocycles. The second-order valence-corrected chi connectivity index (χ2v) is 7.38. The summed E-state index contributed by atoms with van der Waals surface area (Å²) < 4.78 is 2.26. The van der Waals surface area contributed by atoms with E-state index in [-0.39, 0.29) is 6.04 Å². The van der Waals surface area contributed by atoms with E-state index in [9.17, 15) is 0 Å². The van der Waals surface area contributed by atoms with Gasteiger partial charge in [0.1, 0.15) is 0 Å². The van der Waals surface area contributed by atoms with Gasteiger partial charge in [-0.3, -0.25) is 4.57 Å². The van der Waals surface area contributed by atoms with E-state index in [2.05, 4.69) is 51.7 Å². The van der Waals surface area contributed by atoms with Crippen LogP contribution >= 0.6 is 22.9 Å². The van der Waals surface area contributed by atoms with Crippen LogP contribution in [0, 0.1) is 0 Å². The van der Waals surface area contributed by atoms with E-state index >= 15 is 0 Å². The molecule has 1 N–H and O–H groups in total. The Kier molecular flexibility index (Phi) is 3.40. The molecule has 122 valence electrons. The lowest BCUT2D eigenvalue weighted by Crippen LogP contribution is -2.18. The van der Waals surface area contributed by atoms with Crippen LogP contribution in [0.15, 0.2) is 72.1 Å². The minimum atomic E-state index is 0.120. The number of hydrogen-bond acceptors (Lipinski definition) is 3. The van der Waals surface area contributed by atoms with E-state index in [1.807, 2.05) is 30.3 Å². The summed E-state index contributed by atoms with van der Waals surface area (Å²) in [6.45, 7) is 0. The summed E-state index contributed by atoms with van der Waals surface area (Å²) in [5, 5.41) is 6.34. The molecule has 0 aliphatic carbocycles. The number of anilines is 1. The third-order valence-electron chi connectivity index (χ3n) is 4.43. The van der Waals surface area contributed by atoms with Gasteiger partial charge in [-0.15, -0.1) is 11.3 Å². The van der Waals surface area contributed by atoms with Gasteiger partial charge in [0.2, 0.25) is 5.95 Å². The smallest absolute Gasteiger partial charge is 0.209 e. The quantitative estimate of drug-likeness (QED) is 0.487. The largest absolute Gasteiger partial charge is 0.325 e. The molecule has 3 nitrogen and oxygen atoms in total. The zero-order valence-corrected chi connectivity index (χ0v) is 14.8. The highest BCUT2D eigenvalue weighted by molar-refractivity contribution is 7.10. The van der Waals surface area contributed by atoms with Crippen LogP contribution in [0.1, 0.15) is 16.5 Å². The number of fused-ring (bicyclic) bond motifs is 3. The molecule has 5 heteroatoms. The minimum absolute atomic E-state index is 0.120. The predicted molar refractivity (Wildman–Crippen MR) is 105 cm³/mol. The molecule has 5 rings (SSSR count). The molecule has 2 aromatic carbocycles. The molecule has 0 amide bonds. The first-order valence-corrected chi connectivity index (χ1v) is 9.30. The number of thiophene rings is 1.